The molecule has 1 aliphatic heterocycles. The van der Waals surface area contributed by atoms with Gasteiger partial charge >= 0.3 is 0 Å². The van der Waals surface area contributed by atoms with Crippen LogP contribution in [0.5, 0.6) is 0 Å². The number of carbonyl (C=O) groups is 1. The van der Waals surface area contributed by atoms with Gasteiger partial charge in [-0.1, -0.05) is 41.9 Å². The number of hydrogen-bond acceptors (Lipinski definition) is 8. The molecular weight excluding hydrogens is 472 g/mol. The first-order valence-electron chi connectivity index (χ1n) is 11.0. The van der Waals surface area contributed by atoms with Crippen LogP contribution in [0.1, 0.15) is 11.8 Å². The molecule has 0 bridgehead atoms. The summed E-state index contributed by atoms with van der Waals surface area (Å²) in [5, 5.41) is 27.4. The molecule has 180 valence electrons. The van der Waals surface area contributed by atoms with Gasteiger partial charge in [-0.25, -0.2) is 15.0 Å². The lowest BCUT2D eigenvalue weighted by molar-refractivity contribution is -0.137. The third-order valence-corrected chi connectivity index (χ3v) is 6.10. The molecule has 0 radical (unpaired) electrons. The molecule has 5 rings (SSSR count). The summed E-state index contributed by atoms with van der Waals surface area (Å²) in [6, 6.07) is 16.9. The number of hydrogen-bond donors (Lipinski definition) is 4. The second-order valence-corrected chi connectivity index (χ2v) is 8.55. The van der Waals surface area contributed by atoms with Gasteiger partial charge in [-0.05, 0) is 29.8 Å². The number of nitrogens with one attached hydrogen (secondary N) is 2. The molecule has 4 N–H and O–H groups in total. The Hall–Kier alpha value is -3.57. The van der Waals surface area contributed by atoms with E-state index in [0.29, 0.717) is 34.4 Å². The van der Waals surface area contributed by atoms with Crippen LogP contribution in [0.2, 0.25) is 5.02 Å². The Kier molecular flexibility index (Phi) is 6.35. The number of amides is 1. The molecule has 0 aliphatic carbocycles. The number of likely N-dealkylation sites (N-methyl/N-ethyl adjacent to an activating group) is 1. The van der Waals surface area contributed by atoms with Crippen LogP contribution in [0, 0.1) is 0 Å². The molecule has 35 heavy (non-hydrogen) atoms. The molecule has 2 aromatic heterocycles. The Morgan fingerprint density at radius 1 is 1.09 bits per heavy atom. The van der Waals surface area contributed by atoms with Crippen LogP contribution in [-0.4, -0.2) is 61.0 Å². The van der Waals surface area contributed by atoms with Crippen molar-refractivity contribution in [1.29, 1.82) is 0 Å². The molecule has 0 spiro atoms. The molecule has 2 aromatic carbocycles. The summed E-state index contributed by atoms with van der Waals surface area (Å²) in [6.45, 7) is 0.500. The first-order valence-corrected chi connectivity index (χ1v) is 11.4. The molecule has 1 amide bonds. The van der Waals surface area contributed by atoms with E-state index in [9.17, 15) is 15.0 Å². The van der Waals surface area contributed by atoms with E-state index < -0.39 is 30.4 Å². The molecule has 4 atom stereocenters. The maximum Gasteiger partial charge on any atom is 0.251 e. The number of nitrogens with zero attached hydrogens (tertiary/aromatic N) is 4. The highest BCUT2D eigenvalue weighted by Gasteiger charge is 2.47. The van der Waals surface area contributed by atoms with Crippen molar-refractivity contribution in [3.63, 3.8) is 0 Å². The highest BCUT2D eigenvalue weighted by Crippen LogP contribution is 2.33. The zero-order valence-electron chi connectivity index (χ0n) is 18.7. The average molecular weight is 495 g/mol. The molecule has 4 aromatic rings. The topological polar surface area (TPSA) is 134 Å². The van der Waals surface area contributed by atoms with E-state index in [1.165, 1.54) is 17.9 Å². The molecule has 0 saturated carbocycles. The minimum absolute atomic E-state index is 0.370. The number of aromatic nitrogens is 4. The summed E-state index contributed by atoms with van der Waals surface area (Å²) >= 11 is 6.05. The molecule has 11 heteroatoms. The normalized spacial score (nSPS) is 21.8. The van der Waals surface area contributed by atoms with E-state index >= 15 is 0 Å². The summed E-state index contributed by atoms with van der Waals surface area (Å²) in [4.78, 5) is 25.9. The Labute approximate surface area is 205 Å². The van der Waals surface area contributed by atoms with Crippen LogP contribution in [0.3, 0.4) is 0 Å². The van der Waals surface area contributed by atoms with Crippen molar-refractivity contribution in [3.05, 3.63) is 71.5 Å². The van der Waals surface area contributed by atoms with Gasteiger partial charge in [-0.15, -0.1) is 0 Å². The quantitative estimate of drug-likeness (QED) is 0.320. The molecule has 10 nitrogen and oxygen atoms in total. The average Bonchev–Trinajstić information content (AvgIpc) is 3.44. The minimum Gasteiger partial charge on any atom is -0.387 e. The smallest absolute Gasteiger partial charge is 0.251 e. The lowest BCUT2D eigenvalue weighted by Crippen LogP contribution is -2.41. The SMILES string of the molecule is CNC(=O)[C@@H]1OC(n2cnc3c(NCc4ccccc4)nc(-c4ccc(Cl)cc4)nc32)C(O)C1O. The van der Waals surface area contributed by atoms with Gasteiger partial charge in [0.05, 0.1) is 6.33 Å². The zero-order chi connectivity index (χ0) is 24.5. The Bertz CT molecular complexity index is 1350. The van der Waals surface area contributed by atoms with Gasteiger partial charge in [0.1, 0.15) is 12.2 Å². The summed E-state index contributed by atoms with van der Waals surface area (Å²) in [6.07, 6.45) is -3.64. The van der Waals surface area contributed by atoms with E-state index in [2.05, 4.69) is 25.6 Å². The van der Waals surface area contributed by atoms with Gasteiger partial charge in [-0.2, -0.15) is 0 Å². The van der Waals surface area contributed by atoms with Crippen LogP contribution in [-0.2, 0) is 16.1 Å². The highest BCUT2D eigenvalue weighted by molar-refractivity contribution is 6.30. The fourth-order valence-corrected chi connectivity index (χ4v) is 4.11. The van der Waals surface area contributed by atoms with Gasteiger partial charge in [0.25, 0.3) is 5.91 Å². The van der Waals surface area contributed by atoms with Crippen LogP contribution in [0.25, 0.3) is 22.6 Å². The number of halogens is 1. The van der Waals surface area contributed by atoms with Crippen molar-refractivity contribution < 1.29 is 19.7 Å². The van der Waals surface area contributed by atoms with E-state index in [1.807, 2.05) is 30.3 Å². The van der Waals surface area contributed by atoms with Crippen molar-refractivity contribution in [3.8, 4) is 11.4 Å². The van der Waals surface area contributed by atoms with Crippen LogP contribution in [0.4, 0.5) is 5.82 Å². The summed E-state index contributed by atoms with van der Waals surface area (Å²) < 4.78 is 7.24. The monoisotopic (exact) mass is 494 g/mol. The van der Waals surface area contributed by atoms with Crippen LogP contribution in [0.15, 0.2) is 60.9 Å². The van der Waals surface area contributed by atoms with Gasteiger partial charge in [0.2, 0.25) is 0 Å². The number of aliphatic hydroxyl groups is 2. The maximum absolute atomic E-state index is 12.1. The second-order valence-electron chi connectivity index (χ2n) is 8.11. The number of carbonyl (C=O) groups excluding carboxylic acids is 1. The molecular formula is C24H23ClN6O4. The summed E-state index contributed by atoms with van der Waals surface area (Å²) in [7, 11) is 1.43. The number of anilines is 1. The lowest BCUT2D eigenvalue weighted by Gasteiger charge is -2.17. The van der Waals surface area contributed by atoms with Gasteiger partial charge in [0, 0.05) is 24.2 Å². The van der Waals surface area contributed by atoms with Crippen molar-refractivity contribution in [2.45, 2.75) is 31.1 Å². The standard InChI is InChI=1S/C24H23ClN6O4/c1-26-23(34)19-17(32)18(33)24(35-19)31-12-28-16-21(27-11-13-5-3-2-4-6-13)29-20(30-22(16)31)14-7-9-15(25)10-8-14/h2-10,12,17-19,24,32-33H,11H2,1H3,(H,26,34)(H,27,29,30)/t17?,18?,19-,24?/m1/s1. The van der Waals surface area contributed by atoms with Gasteiger partial charge in [0.15, 0.2) is 35.1 Å². The van der Waals surface area contributed by atoms with Crippen LogP contribution < -0.4 is 10.6 Å². The number of benzene rings is 2. The zero-order valence-corrected chi connectivity index (χ0v) is 19.4. The van der Waals surface area contributed by atoms with E-state index in [0.717, 1.165) is 11.1 Å². The van der Waals surface area contributed by atoms with Crippen molar-refractivity contribution >= 4 is 34.5 Å². The lowest BCUT2D eigenvalue weighted by atomic mass is 10.1. The van der Waals surface area contributed by atoms with Crippen molar-refractivity contribution in [1.82, 2.24) is 24.8 Å². The van der Waals surface area contributed by atoms with E-state index in [4.69, 9.17) is 16.3 Å². The molecule has 3 heterocycles. The highest BCUT2D eigenvalue weighted by atomic mass is 35.5. The van der Waals surface area contributed by atoms with Crippen molar-refractivity contribution in [2.24, 2.45) is 0 Å². The summed E-state index contributed by atoms with van der Waals surface area (Å²) in [5.41, 5.74) is 2.60. The molecule has 3 unspecified atom stereocenters. The van der Waals surface area contributed by atoms with Gasteiger partial charge in [-0.3, -0.25) is 9.36 Å². The fraction of sp³-hybridized carbons (Fsp3) is 0.250. The van der Waals surface area contributed by atoms with Crippen molar-refractivity contribution in [2.75, 3.05) is 12.4 Å². The third-order valence-electron chi connectivity index (χ3n) is 5.84. The maximum atomic E-state index is 12.1. The Morgan fingerprint density at radius 3 is 2.54 bits per heavy atom. The fourth-order valence-electron chi connectivity index (χ4n) is 3.98. The number of imidazole rings is 1. The first-order chi connectivity index (χ1) is 17.0. The Balaban J connectivity index is 1.58. The Morgan fingerprint density at radius 2 is 1.83 bits per heavy atom. The number of aliphatic hydroxyl groups excluding tert-OH is 2. The minimum atomic E-state index is -1.41. The largest absolute Gasteiger partial charge is 0.387 e. The summed E-state index contributed by atoms with van der Waals surface area (Å²) in [5.74, 6) is 0.353. The molecule has 1 fully saturated rings. The number of fused-ring (bicyclic) bond motifs is 1. The van der Waals surface area contributed by atoms with Gasteiger partial charge < -0.3 is 25.6 Å². The number of ether oxygens (including phenoxy) is 1. The van der Waals surface area contributed by atoms with Crippen LogP contribution >= 0.6 is 11.6 Å². The molecule has 1 aliphatic rings. The van der Waals surface area contributed by atoms with E-state index in [1.54, 1.807) is 24.3 Å². The number of rotatable bonds is 6. The third kappa shape index (κ3) is 4.44. The predicted octanol–water partition coefficient (Wildman–Crippen LogP) is 2.12. The predicted molar refractivity (Wildman–Crippen MR) is 130 cm³/mol. The first kappa shape index (κ1) is 23.2. The van der Waals surface area contributed by atoms with E-state index in [-0.39, 0.29) is 0 Å². The second kappa shape index (κ2) is 9.59. The molecule has 1 saturated heterocycles.